The lowest BCUT2D eigenvalue weighted by Gasteiger charge is -2.30. The molecule has 0 unspecified atom stereocenters. The highest BCUT2D eigenvalue weighted by atomic mass is 16.3. The minimum Gasteiger partial charge on any atom is -0.507 e. The summed E-state index contributed by atoms with van der Waals surface area (Å²) in [7, 11) is 0. The normalized spacial score (nSPS) is 12.7. The summed E-state index contributed by atoms with van der Waals surface area (Å²) in [6.45, 7) is 45.1. The lowest BCUT2D eigenvalue weighted by atomic mass is 9.76. The van der Waals surface area contributed by atoms with Crippen molar-refractivity contribution in [3.8, 4) is 17.2 Å². The summed E-state index contributed by atoms with van der Waals surface area (Å²) < 4.78 is 0. The second kappa shape index (κ2) is 15.0. The predicted molar refractivity (Wildman–Crippen MR) is 238 cm³/mol. The minimum absolute atomic E-state index is 0.232. The van der Waals surface area contributed by atoms with E-state index in [-0.39, 0.29) is 27.4 Å². The molecule has 0 saturated heterocycles. The van der Waals surface area contributed by atoms with Gasteiger partial charge in [-0.05, 0) is 171 Å². The van der Waals surface area contributed by atoms with E-state index in [0.717, 1.165) is 62.9 Å². The first kappa shape index (κ1) is 43.5. The number of hydrogen-bond donors (Lipinski definition) is 3. The van der Waals surface area contributed by atoms with Crippen LogP contribution in [0.15, 0.2) is 49.6 Å². The van der Waals surface area contributed by atoms with Gasteiger partial charge >= 0.3 is 0 Å². The Balaban J connectivity index is 2.08. The highest BCUT2D eigenvalue weighted by Crippen LogP contribution is 2.44. The number of benzene rings is 4. The van der Waals surface area contributed by atoms with Crippen LogP contribution in [0.5, 0.6) is 17.2 Å². The van der Waals surface area contributed by atoms with Gasteiger partial charge in [0.25, 0.3) is 0 Å². The van der Waals surface area contributed by atoms with Crippen molar-refractivity contribution in [1.82, 2.24) is 0 Å². The topological polar surface area (TPSA) is 60.7 Å². The van der Waals surface area contributed by atoms with Crippen molar-refractivity contribution in [3.05, 3.63) is 133 Å². The van der Waals surface area contributed by atoms with E-state index in [9.17, 15) is 15.3 Å². The molecule has 3 N–H and O–H groups in total. The van der Waals surface area contributed by atoms with Gasteiger partial charge in [-0.1, -0.05) is 121 Å². The third-order valence-corrected chi connectivity index (χ3v) is 11.5. The van der Waals surface area contributed by atoms with E-state index in [4.69, 9.17) is 0 Å². The molecule has 4 aromatic carbocycles. The van der Waals surface area contributed by atoms with Crippen molar-refractivity contribution < 1.29 is 15.3 Å². The maximum Gasteiger partial charge on any atom is 0.130 e. The fraction of sp³-hybridized carbons (Fsp3) is 0.462. The van der Waals surface area contributed by atoms with Gasteiger partial charge in [-0.2, -0.15) is 0 Å². The van der Waals surface area contributed by atoms with Crippen LogP contribution in [-0.2, 0) is 40.9 Å². The molecule has 0 bridgehead atoms. The molecule has 3 heteroatoms. The van der Waals surface area contributed by atoms with E-state index in [2.05, 4.69) is 153 Å². The molecule has 0 aliphatic heterocycles. The molecule has 0 amide bonds. The fourth-order valence-corrected chi connectivity index (χ4v) is 8.12. The molecule has 0 aromatic heterocycles. The Hall–Kier alpha value is -4.24. The van der Waals surface area contributed by atoms with Crippen molar-refractivity contribution in [3.63, 3.8) is 0 Å². The van der Waals surface area contributed by atoms with Crippen LogP contribution in [0.4, 0.5) is 0 Å². The van der Waals surface area contributed by atoms with E-state index in [1.165, 1.54) is 44.5 Å². The van der Waals surface area contributed by atoms with Crippen molar-refractivity contribution >= 4 is 11.1 Å². The SMILES string of the molecule is C=C(C)c1cc(Cc2c(C)c(Cc3cc(C(C)(C)C)c(O)c(C(C)(C)C)c3)c(C)c(Cc3cc(C(C)(C)C)c(O)c(C(C)(C)C)c3)c2C)cc(C(=C)C)c1O. The van der Waals surface area contributed by atoms with Crippen LogP contribution in [0.2, 0.25) is 0 Å². The van der Waals surface area contributed by atoms with Gasteiger partial charge in [-0.3, -0.25) is 0 Å². The van der Waals surface area contributed by atoms with Gasteiger partial charge in [0.05, 0.1) is 0 Å². The van der Waals surface area contributed by atoms with Gasteiger partial charge in [-0.15, -0.1) is 0 Å². The molecule has 0 aliphatic carbocycles. The number of rotatable bonds is 8. The standard InChI is InChI=1S/C52H70O3/c1-29(2)37-20-34(21-38(30(3)4)46(37)53)22-39-31(5)40(23-35-25-42(49(8,9)10)47(54)43(26-35)50(11,12)13)33(7)41(32(39)6)24-36-27-44(51(14,15)16)48(55)45(28-36)52(17,18)19/h20-21,25-28,53-55H,1,3,22-24H2,2,4-19H3. The smallest absolute Gasteiger partial charge is 0.130 e. The zero-order chi connectivity index (χ0) is 41.9. The Morgan fingerprint density at radius 2 is 0.636 bits per heavy atom. The van der Waals surface area contributed by atoms with Gasteiger partial charge in [-0.25, -0.2) is 0 Å². The highest BCUT2D eigenvalue weighted by Gasteiger charge is 2.29. The summed E-state index contributed by atoms with van der Waals surface area (Å²) in [5.74, 6) is 1.02. The quantitative estimate of drug-likeness (QED) is 0.168. The van der Waals surface area contributed by atoms with E-state index in [1.54, 1.807) is 0 Å². The molecule has 0 fully saturated rings. The lowest BCUT2D eigenvalue weighted by Crippen LogP contribution is -2.18. The second-order valence-corrected chi connectivity index (χ2v) is 20.5. The third-order valence-electron chi connectivity index (χ3n) is 11.5. The van der Waals surface area contributed by atoms with Crippen LogP contribution < -0.4 is 0 Å². The number of aromatic hydroxyl groups is 3. The van der Waals surface area contributed by atoms with Crippen molar-refractivity contribution in [2.45, 2.75) is 159 Å². The molecule has 0 atom stereocenters. The molecule has 296 valence electrons. The van der Waals surface area contributed by atoms with Crippen molar-refractivity contribution in [2.75, 3.05) is 0 Å². The fourth-order valence-electron chi connectivity index (χ4n) is 8.12. The monoisotopic (exact) mass is 743 g/mol. The zero-order valence-corrected chi connectivity index (χ0v) is 37.3. The number of phenolic OH excluding ortho intramolecular Hbond substituents is 3. The Morgan fingerprint density at radius 1 is 0.418 bits per heavy atom. The summed E-state index contributed by atoms with van der Waals surface area (Å²) in [6, 6.07) is 13.0. The first-order valence-electron chi connectivity index (χ1n) is 20.0. The molecule has 0 saturated carbocycles. The molecule has 4 aromatic rings. The van der Waals surface area contributed by atoms with E-state index in [1.807, 2.05) is 13.8 Å². The van der Waals surface area contributed by atoms with Crippen molar-refractivity contribution in [1.29, 1.82) is 0 Å². The Morgan fingerprint density at radius 3 is 0.836 bits per heavy atom. The van der Waals surface area contributed by atoms with Crippen LogP contribution in [0.25, 0.3) is 11.1 Å². The summed E-state index contributed by atoms with van der Waals surface area (Å²) in [5, 5.41) is 34.4. The van der Waals surface area contributed by atoms with E-state index in [0.29, 0.717) is 17.9 Å². The van der Waals surface area contributed by atoms with Gasteiger partial charge in [0.15, 0.2) is 0 Å². The molecule has 55 heavy (non-hydrogen) atoms. The summed E-state index contributed by atoms with van der Waals surface area (Å²) in [4.78, 5) is 0. The van der Waals surface area contributed by atoms with Crippen molar-refractivity contribution in [2.24, 2.45) is 0 Å². The molecule has 0 spiro atoms. The highest BCUT2D eigenvalue weighted by molar-refractivity contribution is 5.77. The van der Waals surface area contributed by atoms with Crippen LogP contribution in [0.1, 0.15) is 180 Å². The van der Waals surface area contributed by atoms with Crippen LogP contribution >= 0.6 is 0 Å². The van der Waals surface area contributed by atoms with Gasteiger partial charge in [0.1, 0.15) is 17.2 Å². The summed E-state index contributed by atoms with van der Waals surface area (Å²) >= 11 is 0. The Labute approximate surface area is 334 Å². The molecular weight excluding hydrogens is 673 g/mol. The third kappa shape index (κ3) is 9.09. The maximum atomic E-state index is 11.6. The number of phenols is 3. The predicted octanol–water partition coefficient (Wildman–Crippen LogP) is 13.8. The average Bonchev–Trinajstić information content (AvgIpc) is 3.02. The molecular formula is C52H70O3. The van der Waals surface area contributed by atoms with E-state index >= 15 is 0 Å². The molecule has 0 aliphatic rings. The molecule has 0 radical (unpaired) electrons. The first-order valence-corrected chi connectivity index (χ1v) is 20.0. The van der Waals surface area contributed by atoms with Gasteiger partial charge < -0.3 is 15.3 Å². The van der Waals surface area contributed by atoms with Gasteiger partial charge in [0, 0.05) is 11.1 Å². The summed E-state index contributed by atoms with van der Waals surface area (Å²) in [5.41, 5.74) is 17.2. The first-order chi connectivity index (χ1) is 24.9. The summed E-state index contributed by atoms with van der Waals surface area (Å²) in [6.07, 6.45) is 2.14. The van der Waals surface area contributed by atoms with Crippen LogP contribution in [0, 0.1) is 20.8 Å². The zero-order valence-electron chi connectivity index (χ0n) is 37.3. The Kier molecular flexibility index (Phi) is 11.9. The number of allylic oxidation sites excluding steroid dienone is 2. The Bertz CT molecular complexity index is 1950. The minimum atomic E-state index is -0.233. The lowest BCUT2D eigenvalue weighted by molar-refractivity contribution is 0.422. The van der Waals surface area contributed by atoms with Gasteiger partial charge in [0.2, 0.25) is 0 Å². The van der Waals surface area contributed by atoms with Crippen LogP contribution in [-0.4, -0.2) is 15.3 Å². The largest absolute Gasteiger partial charge is 0.507 e. The average molecular weight is 743 g/mol. The molecule has 0 heterocycles. The van der Waals surface area contributed by atoms with E-state index < -0.39 is 0 Å². The number of hydrogen-bond acceptors (Lipinski definition) is 3. The molecule has 3 nitrogen and oxygen atoms in total. The van der Waals surface area contributed by atoms with Crippen LogP contribution in [0.3, 0.4) is 0 Å². The second-order valence-electron chi connectivity index (χ2n) is 20.5. The maximum absolute atomic E-state index is 11.6. The molecule has 4 rings (SSSR count).